The Hall–Kier alpha value is -3.98. The third-order valence-electron chi connectivity index (χ3n) is 5.19. The van der Waals surface area contributed by atoms with E-state index in [1.54, 1.807) is 43.3 Å². The molecule has 0 aliphatic heterocycles. The first-order valence-corrected chi connectivity index (χ1v) is 12.0. The maximum absolute atomic E-state index is 12.4. The fraction of sp³-hybridized carbons (Fsp3) is 0.333. The number of aryl methyl sites for hydroxylation is 1. The number of unbranched alkanes of at least 4 members (excludes halogenated alkanes) is 1. The Morgan fingerprint density at radius 3 is 2.56 bits per heavy atom. The molecule has 2 rings (SSSR count). The highest BCUT2D eigenvalue weighted by Crippen LogP contribution is 2.14. The minimum Gasteiger partial charge on any atom is -0.450 e. The Balaban J connectivity index is 1.88. The van der Waals surface area contributed by atoms with Crippen molar-refractivity contribution in [3.05, 3.63) is 77.4 Å². The summed E-state index contributed by atoms with van der Waals surface area (Å²) in [5.41, 5.74) is 3.10. The van der Waals surface area contributed by atoms with Crippen molar-refractivity contribution in [1.29, 1.82) is 0 Å². The van der Waals surface area contributed by atoms with Crippen LogP contribution in [0.3, 0.4) is 0 Å². The van der Waals surface area contributed by atoms with Gasteiger partial charge in [0, 0.05) is 36.4 Å². The first-order valence-electron chi connectivity index (χ1n) is 12.0. The van der Waals surface area contributed by atoms with Gasteiger partial charge in [-0.25, -0.2) is 4.79 Å². The molecule has 36 heavy (non-hydrogen) atoms. The highest BCUT2D eigenvalue weighted by Gasteiger charge is 2.09. The summed E-state index contributed by atoms with van der Waals surface area (Å²) < 4.78 is 4.88. The zero-order valence-electron chi connectivity index (χ0n) is 20.5. The number of carbonyl (C=O) groups is 3. The highest BCUT2D eigenvalue weighted by molar-refractivity contribution is 6.12. The molecule has 9 heteroatoms. The molecule has 0 heterocycles. The number of aliphatic hydroxyl groups excluding tert-OH is 1. The Labute approximate surface area is 211 Å². The molecule has 0 unspecified atom stereocenters. The van der Waals surface area contributed by atoms with Gasteiger partial charge < -0.3 is 21.0 Å². The van der Waals surface area contributed by atoms with Gasteiger partial charge in [-0.15, -0.1) is 0 Å². The lowest BCUT2D eigenvalue weighted by Crippen LogP contribution is -2.24. The smallest absolute Gasteiger partial charge is 0.411 e. The van der Waals surface area contributed by atoms with Gasteiger partial charge in [0.1, 0.15) is 0 Å². The summed E-state index contributed by atoms with van der Waals surface area (Å²) in [7, 11) is 0. The van der Waals surface area contributed by atoms with E-state index in [9.17, 15) is 14.4 Å². The number of anilines is 1. The number of ether oxygens (including phenoxy) is 1. The van der Waals surface area contributed by atoms with Crippen molar-refractivity contribution in [3.8, 4) is 0 Å². The lowest BCUT2D eigenvalue weighted by atomic mass is 10.0. The second-order valence-electron chi connectivity index (χ2n) is 7.98. The first kappa shape index (κ1) is 28.3. The van der Waals surface area contributed by atoms with Gasteiger partial charge in [-0.05, 0) is 74.6 Å². The maximum atomic E-state index is 12.4. The molecule has 0 radical (unpaired) electrons. The van der Waals surface area contributed by atoms with Gasteiger partial charge in [0.2, 0.25) is 0 Å². The van der Waals surface area contributed by atoms with Gasteiger partial charge in [0.05, 0.1) is 12.3 Å². The Bertz CT molecular complexity index is 1080. The zero-order chi connectivity index (χ0) is 26.2. The molecule has 192 valence electrons. The number of rotatable bonds is 14. The molecular formula is C27H34N4O5. The van der Waals surface area contributed by atoms with Crippen molar-refractivity contribution in [2.75, 3.05) is 25.1 Å². The third-order valence-corrected chi connectivity index (χ3v) is 5.19. The SMILES string of the molecule is CCOC(=O)Nc1cccc(CCCC(=O)/C=C\C(=N/N)c2cccc(C(=O)NCCCCO)c2)c1. The topological polar surface area (TPSA) is 143 Å². The van der Waals surface area contributed by atoms with Gasteiger partial charge in [-0.1, -0.05) is 24.3 Å². The van der Waals surface area contributed by atoms with E-state index in [2.05, 4.69) is 15.7 Å². The molecule has 2 aromatic carbocycles. The predicted octanol–water partition coefficient (Wildman–Crippen LogP) is 3.57. The fourth-order valence-electron chi connectivity index (χ4n) is 3.39. The number of carbonyl (C=O) groups excluding carboxylic acids is 3. The summed E-state index contributed by atoms with van der Waals surface area (Å²) in [5, 5.41) is 18.1. The number of nitrogens with two attached hydrogens (primary N) is 1. The first-order chi connectivity index (χ1) is 17.5. The van der Waals surface area contributed by atoms with Gasteiger partial charge >= 0.3 is 6.09 Å². The third kappa shape index (κ3) is 10.1. The molecule has 5 N–H and O–H groups in total. The van der Waals surface area contributed by atoms with E-state index >= 15 is 0 Å². The summed E-state index contributed by atoms with van der Waals surface area (Å²) in [5.74, 6) is 5.23. The molecule has 0 bridgehead atoms. The van der Waals surface area contributed by atoms with Crippen molar-refractivity contribution in [2.24, 2.45) is 10.9 Å². The highest BCUT2D eigenvalue weighted by atomic mass is 16.5. The van der Waals surface area contributed by atoms with Crippen molar-refractivity contribution in [2.45, 2.75) is 39.0 Å². The summed E-state index contributed by atoms with van der Waals surface area (Å²) in [6.07, 6.45) is 5.44. The zero-order valence-corrected chi connectivity index (χ0v) is 20.5. The summed E-state index contributed by atoms with van der Waals surface area (Å²) in [6.45, 7) is 2.60. The number of amides is 2. The average molecular weight is 495 g/mol. The Kier molecular flexibility index (Phi) is 12.4. The number of hydrazone groups is 1. The van der Waals surface area contributed by atoms with E-state index in [0.717, 1.165) is 5.56 Å². The molecule has 0 saturated carbocycles. The maximum Gasteiger partial charge on any atom is 0.411 e. The largest absolute Gasteiger partial charge is 0.450 e. The molecule has 0 fully saturated rings. The van der Waals surface area contributed by atoms with Crippen LogP contribution in [-0.2, 0) is 16.0 Å². The Morgan fingerprint density at radius 1 is 1.03 bits per heavy atom. The molecular weight excluding hydrogens is 460 g/mol. The molecule has 2 aromatic rings. The molecule has 0 aliphatic carbocycles. The minimum atomic E-state index is -0.503. The number of hydrogen-bond donors (Lipinski definition) is 4. The van der Waals surface area contributed by atoms with Crippen LogP contribution in [0, 0.1) is 0 Å². The Morgan fingerprint density at radius 2 is 1.81 bits per heavy atom. The van der Waals surface area contributed by atoms with E-state index in [4.69, 9.17) is 15.7 Å². The molecule has 0 aromatic heterocycles. The van der Waals surface area contributed by atoms with Crippen LogP contribution in [-0.4, -0.2) is 48.4 Å². The molecule has 2 amide bonds. The summed E-state index contributed by atoms with van der Waals surface area (Å²) in [6, 6.07) is 14.2. The predicted molar refractivity (Wildman–Crippen MR) is 140 cm³/mol. The number of aliphatic hydroxyl groups is 1. The van der Waals surface area contributed by atoms with E-state index in [0.29, 0.717) is 67.8 Å². The van der Waals surface area contributed by atoms with Crippen LogP contribution in [0.15, 0.2) is 65.8 Å². The average Bonchev–Trinajstić information content (AvgIpc) is 2.87. The van der Waals surface area contributed by atoms with Crippen molar-refractivity contribution in [1.82, 2.24) is 5.32 Å². The van der Waals surface area contributed by atoms with Gasteiger partial charge in [0.15, 0.2) is 5.78 Å². The van der Waals surface area contributed by atoms with E-state index in [-0.39, 0.29) is 18.3 Å². The number of nitrogens with one attached hydrogen (secondary N) is 2. The van der Waals surface area contributed by atoms with Crippen molar-refractivity contribution >= 4 is 29.2 Å². The molecule has 0 aliphatic rings. The number of allylic oxidation sites excluding steroid dienone is 2. The van der Waals surface area contributed by atoms with Crippen LogP contribution in [0.4, 0.5) is 10.5 Å². The second kappa shape index (κ2) is 15.8. The quantitative estimate of drug-likeness (QED) is 0.104. The molecule has 9 nitrogen and oxygen atoms in total. The van der Waals surface area contributed by atoms with E-state index < -0.39 is 6.09 Å². The monoisotopic (exact) mass is 494 g/mol. The minimum absolute atomic E-state index is 0.0743. The second-order valence-corrected chi connectivity index (χ2v) is 7.98. The number of hydrogen-bond acceptors (Lipinski definition) is 7. The number of benzene rings is 2. The van der Waals surface area contributed by atoms with Gasteiger partial charge in [-0.3, -0.25) is 14.9 Å². The lowest BCUT2D eigenvalue weighted by Gasteiger charge is -2.07. The summed E-state index contributed by atoms with van der Waals surface area (Å²) >= 11 is 0. The van der Waals surface area contributed by atoms with E-state index in [1.807, 2.05) is 18.2 Å². The fourth-order valence-corrected chi connectivity index (χ4v) is 3.39. The van der Waals surface area contributed by atoms with Crippen molar-refractivity contribution < 1.29 is 24.2 Å². The molecule has 0 spiro atoms. The van der Waals surface area contributed by atoms with Crippen LogP contribution >= 0.6 is 0 Å². The van der Waals surface area contributed by atoms with Crippen LogP contribution < -0.4 is 16.5 Å². The van der Waals surface area contributed by atoms with Crippen molar-refractivity contribution in [3.63, 3.8) is 0 Å². The number of nitrogens with zero attached hydrogens (tertiary/aromatic N) is 1. The molecule has 0 atom stereocenters. The van der Waals surface area contributed by atoms with E-state index in [1.165, 1.54) is 6.08 Å². The van der Waals surface area contributed by atoms with Gasteiger partial charge in [-0.2, -0.15) is 5.10 Å². The lowest BCUT2D eigenvalue weighted by molar-refractivity contribution is -0.114. The summed E-state index contributed by atoms with van der Waals surface area (Å²) in [4.78, 5) is 36.3. The standard InChI is InChI=1S/C27H34N4O5/c1-2-36-27(35)30-23-12-5-8-20(18-23)9-6-13-24(33)14-15-25(31-28)21-10-7-11-22(19-21)26(34)29-16-3-4-17-32/h5,7-8,10-12,14-15,18-19,32H,2-4,6,9,13,16-17,28H2,1H3,(H,29,34)(H,30,35)/b15-14-,31-25+. The normalized spacial score (nSPS) is 11.3. The van der Waals surface area contributed by atoms with Crippen LogP contribution in [0.1, 0.15) is 54.1 Å². The van der Waals surface area contributed by atoms with Crippen LogP contribution in [0.2, 0.25) is 0 Å². The van der Waals surface area contributed by atoms with Crippen LogP contribution in [0.5, 0.6) is 0 Å². The molecule has 0 saturated heterocycles. The number of ketones is 1. The van der Waals surface area contributed by atoms with Gasteiger partial charge in [0.25, 0.3) is 5.91 Å². The van der Waals surface area contributed by atoms with Crippen LogP contribution in [0.25, 0.3) is 0 Å².